The van der Waals surface area contributed by atoms with Gasteiger partial charge in [-0.1, -0.05) is 17.7 Å². The molecule has 0 atom stereocenters. The lowest BCUT2D eigenvalue weighted by atomic mass is 10.0. The van der Waals surface area contributed by atoms with Gasteiger partial charge in [0.25, 0.3) is 10.0 Å². The van der Waals surface area contributed by atoms with Crippen LogP contribution in [0.2, 0.25) is 0 Å². The molecular formula is C25H23N3O4S. The Labute approximate surface area is 192 Å². The minimum Gasteiger partial charge on any atom is -0.504 e. The number of phenolic OH excluding ortho intramolecular Hbond substituents is 1. The summed E-state index contributed by atoms with van der Waals surface area (Å²) in [5, 5.41) is 15.2. The van der Waals surface area contributed by atoms with E-state index in [2.05, 4.69) is 10.3 Å². The largest absolute Gasteiger partial charge is 0.504 e. The standard InChI is InChI=1S/C25H23N3O4S/c1-16-3-9-20(10-4-16)33(30,31)28-15-18-11-12-26-21-13-22(25(29)24(28)23(18)21)27-14-17-5-7-19(32-2)8-6-17/h3-10,13-15,26,29H,11-12H2,1-2H3. The molecule has 33 heavy (non-hydrogen) atoms. The fourth-order valence-electron chi connectivity index (χ4n) is 4.06. The summed E-state index contributed by atoms with van der Waals surface area (Å²) < 4.78 is 33.4. The number of hydrogen-bond acceptors (Lipinski definition) is 6. The summed E-state index contributed by atoms with van der Waals surface area (Å²) >= 11 is 0. The maximum atomic E-state index is 13.5. The van der Waals surface area contributed by atoms with Crippen LogP contribution < -0.4 is 10.1 Å². The molecule has 7 nitrogen and oxygen atoms in total. The van der Waals surface area contributed by atoms with E-state index in [1.165, 1.54) is 3.97 Å². The van der Waals surface area contributed by atoms with Crippen LogP contribution in [0.4, 0.5) is 11.4 Å². The Kier molecular flexibility index (Phi) is 5.09. The lowest BCUT2D eigenvalue weighted by Crippen LogP contribution is -2.12. The molecule has 0 bridgehead atoms. The van der Waals surface area contributed by atoms with Crippen LogP contribution in [0.15, 0.2) is 70.7 Å². The highest BCUT2D eigenvalue weighted by Crippen LogP contribution is 2.44. The monoisotopic (exact) mass is 461 g/mol. The molecule has 2 N–H and O–H groups in total. The minimum atomic E-state index is -3.91. The van der Waals surface area contributed by atoms with Crippen LogP contribution in [0.25, 0.3) is 10.9 Å². The number of aliphatic imine (C=N–C) groups is 1. The topological polar surface area (TPSA) is 92.9 Å². The van der Waals surface area contributed by atoms with Gasteiger partial charge in [-0.05, 0) is 66.9 Å². The number of nitrogens with zero attached hydrogens (tertiary/aromatic N) is 2. The average Bonchev–Trinajstić information content (AvgIpc) is 3.23. The van der Waals surface area contributed by atoms with E-state index < -0.39 is 10.0 Å². The van der Waals surface area contributed by atoms with Crippen LogP contribution in [0.5, 0.6) is 11.5 Å². The van der Waals surface area contributed by atoms with E-state index in [-0.39, 0.29) is 21.8 Å². The Balaban J connectivity index is 1.67. The van der Waals surface area contributed by atoms with Gasteiger partial charge < -0.3 is 15.2 Å². The van der Waals surface area contributed by atoms with E-state index in [1.54, 1.807) is 49.9 Å². The fraction of sp³-hybridized carbons (Fsp3) is 0.160. The van der Waals surface area contributed by atoms with Gasteiger partial charge in [0.05, 0.1) is 12.0 Å². The summed E-state index contributed by atoms with van der Waals surface area (Å²) in [5.74, 6) is 0.556. The van der Waals surface area contributed by atoms with E-state index >= 15 is 0 Å². The molecule has 168 valence electrons. The third kappa shape index (κ3) is 3.62. The first-order chi connectivity index (χ1) is 15.9. The summed E-state index contributed by atoms with van der Waals surface area (Å²) in [5.41, 5.74) is 3.93. The summed E-state index contributed by atoms with van der Waals surface area (Å²) in [7, 11) is -2.31. The number of aromatic hydroxyl groups is 1. The number of aryl methyl sites for hydroxylation is 1. The first-order valence-corrected chi connectivity index (χ1v) is 12.0. The second-order valence-electron chi connectivity index (χ2n) is 7.99. The molecule has 1 aliphatic heterocycles. The molecule has 4 aromatic rings. The highest BCUT2D eigenvalue weighted by Gasteiger charge is 2.28. The fourth-order valence-corrected chi connectivity index (χ4v) is 5.45. The minimum absolute atomic E-state index is 0.164. The first kappa shape index (κ1) is 21.1. The van der Waals surface area contributed by atoms with Crippen molar-refractivity contribution in [2.75, 3.05) is 19.0 Å². The van der Waals surface area contributed by atoms with Gasteiger partial charge in [0.2, 0.25) is 0 Å². The highest BCUT2D eigenvalue weighted by atomic mass is 32.2. The van der Waals surface area contributed by atoms with Crippen molar-refractivity contribution >= 4 is 38.5 Å². The van der Waals surface area contributed by atoms with Crippen molar-refractivity contribution in [1.29, 1.82) is 0 Å². The molecule has 8 heteroatoms. The third-order valence-corrected chi connectivity index (χ3v) is 7.50. The molecule has 3 aromatic carbocycles. The zero-order valence-corrected chi connectivity index (χ0v) is 19.1. The Hall–Kier alpha value is -3.78. The summed E-state index contributed by atoms with van der Waals surface area (Å²) in [4.78, 5) is 4.63. The molecule has 0 radical (unpaired) electrons. The van der Waals surface area contributed by atoms with Crippen molar-refractivity contribution in [2.24, 2.45) is 4.99 Å². The summed E-state index contributed by atoms with van der Waals surface area (Å²) in [6.45, 7) is 2.57. The third-order valence-electron chi connectivity index (χ3n) is 5.82. The number of ether oxygens (including phenoxy) is 1. The van der Waals surface area contributed by atoms with Crippen molar-refractivity contribution < 1.29 is 18.3 Å². The number of rotatable bonds is 5. The zero-order chi connectivity index (χ0) is 23.2. The van der Waals surface area contributed by atoms with E-state index in [1.807, 2.05) is 31.2 Å². The number of nitrogens with one attached hydrogen (secondary N) is 1. The maximum Gasteiger partial charge on any atom is 0.268 e. The van der Waals surface area contributed by atoms with Crippen LogP contribution in [-0.4, -0.2) is 37.4 Å². The number of benzene rings is 3. The number of anilines is 1. The lowest BCUT2D eigenvalue weighted by Gasteiger charge is -2.16. The molecule has 1 aromatic heterocycles. The van der Waals surface area contributed by atoms with Gasteiger partial charge in [-0.3, -0.25) is 4.99 Å². The van der Waals surface area contributed by atoms with Crippen LogP contribution in [0, 0.1) is 6.92 Å². The Morgan fingerprint density at radius 3 is 2.55 bits per heavy atom. The normalized spacial score (nSPS) is 13.4. The smallest absolute Gasteiger partial charge is 0.268 e. The molecule has 0 saturated carbocycles. The van der Waals surface area contributed by atoms with E-state index in [0.717, 1.165) is 28.1 Å². The molecule has 0 spiro atoms. The quantitative estimate of drug-likeness (QED) is 0.334. The molecule has 0 saturated heterocycles. The Morgan fingerprint density at radius 2 is 1.85 bits per heavy atom. The zero-order valence-electron chi connectivity index (χ0n) is 18.2. The molecular weight excluding hydrogens is 438 g/mol. The number of methoxy groups -OCH3 is 1. The van der Waals surface area contributed by atoms with Crippen LogP contribution >= 0.6 is 0 Å². The molecule has 0 amide bonds. The van der Waals surface area contributed by atoms with Crippen LogP contribution in [-0.2, 0) is 16.4 Å². The second kappa shape index (κ2) is 7.97. The molecule has 0 aliphatic carbocycles. The predicted molar refractivity (Wildman–Crippen MR) is 130 cm³/mol. The molecule has 2 heterocycles. The van der Waals surface area contributed by atoms with E-state index in [9.17, 15) is 13.5 Å². The van der Waals surface area contributed by atoms with E-state index in [0.29, 0.717) is 18.4 Å². The van der Waals surface area contributed by atoms with Gasteiger partial charge in [-0.2, -0.15) is 0 Å². The second-order valence-corrected chi connectivity index (χ2v) is 9.81. The maximum absolute atomic E-state index is 13.5. The van der Waals surface area contributed by atoms with Gasteiger partial charge in [0.1, 0.15) is 17.0 Å². The highest BCUT2D eigenvalue weighted by molar-refractivity contribution is 7.90. The average molecular weight is 462 g/mol. The molecule has 0 fully saturated rings. The van der Waals surface area contributed by atoms with Gasteiger partial charge in [-0.25, -0.2) is 12.4 Å². The van der Waals surface area contributed by atoms with Crippen molar-refractivity contribution in [1.82, 2.24) is 3.97 Å². The SMILES string of the molecule is COc1ccc(C=Nc2cc3c4c(cn(S(=O)(=O)c5ccc(C)cc5)c4c2O)CCN3)cc1. The lowest BCUT2D eigenvalue weighted by molar-refractivity contribution is 0.415. The van der Waals surface area contributed by atoms with Crippen LogP contribution in [0.1, 0.15) is 16.7 Å². The summed E-state index contributed by atoms with van der Waals surface area (Å²) in [6.07, 6.45) is 3.90. The van der Waals surface area contributed by atoms with E-state index in [4.69, 9.17) is 4.74 Å². The van der Waals surface area contributed by atoms with Crippen LogP contribution in [0.3, 0.4) is 0 Å². The number of phenols is 1. The van der Waals surface area contributed by atoms with Crippen molar-refractivity contribution in [2.45, 2.75) is 18.2 Å². The molecule has 5 rings (SSSR count). The Morgan fingerprint density at radius 1 is 1.12 bits per heavy atom. The first-order valence-electron chi connectivity index (χ1n) is 10.5. The van der Waals surface area contributed by atoms with Gasteiger partial charge in [0.15, 0.2) is 5.75 Å². The molecule has 1 aliphatic rings. The number of aromatic nitrogens is 1. The number of hydrogen-bond donors (Lipinski definition) is 2. The Bertz CT molecular complexity index is 1490. The predicted octanol–water partition coefficient (Wildman–Crippen LogP) is 4.62. The van der Waals surface area contributed by atoms with Crippen molar-refractivity contribution in [3.63, 3.8) is 0 Å². The molecule has 0 unspecified atom stereocenters. The van der Waals surface area contributed by atoms with Gasteiger partial charge in [-0.15, -0.1) is 0 Å². The van der Waals surface area contributed by atoms with Gasteiger partial charge in [0, 0.05) is 30.0 Å². The van der Waals surface area contributed by atoms with Crippen molar-refractivity contribution in [3.8, 4) is 11.5 Å². The van der Waals surface area contributed by atoms with Crippen molar-refractivity contribution in [3.05, 3.63) is 77.5 Å². The summed E-state index contributed by atoms with van der Waals surface area (Å²) in [6, 6.07) is 15.8. The van der Waals surface area contributed by atoms with Gasteiger partial charge >= 0.3 is 0 Å².